The number of hydrogen-bond acceptors (Lipinski definition) is 3. The van der Waals surface area contributed by atoms with Crippen molar-refractivity contribution in [2.75, 3.05) is 6.61 Å². The molecule has 1 aliphatic rings. The van der Waals surface area contributed by atoms with Gasteiger partial charge in [0.25, 0.3) is 0 Å². The first-order valence-corrected chi connectivity index (χ1v) is 6.49. The minimum Gasteiger partial charge on any atom is -0.457 e. The maximum absolute atomic E-state index is 11.7. The number of carbonyl (C=O) groups excluding carboxylic acids is 2. The van der Waals surface area contributed by atoms with Gasteiger partial charge in [-0.1, -0.05) is 43.2 Å². The molecular formula is C15H18O3. The van der Waals surface area contributed by atoms with Gasteiger partial charge in [0.05, 0.1) is 0 Å². The summed E-state index contributed by atoms with van der Waals surface area (Å²) >= 11 is 0. The lowest BCUT2D eigenvalue weighted by Crippen LogP contribution is -2.16. The van der Waals surface area contributed by atoms with Gasteiger partial charge in [0.1, 0.15) is 0 Å². The van der Waals surface area contributed by atoms with E-state index in [2.05, 4.69) is 0 Å². The molecule has 1 saturated carbocycles. The topological polar surface area (TPSA) is 43.4 Å². The van der Waals surface area contributed by atoms with Crippen LogP contribution in [0.15, 0.2) is 30.3 Å². The average Bonchev–Trinajstić information content (AvgIpc) is 2.90. The van der Waals surface area contributed by atoms with Crippen LogP contribution in [0.2, 0.25) is 0 Å². The zero-order valence-corrected chi connectivity index (χ0v) is 10.4. The van der Waals surface area contributed by atoms with Crippen molar-refractivity contribution in [1.82, 2.24) is 0 Å². The number of ketones is 1. The van der Waals surface area contributed by atoms with Crippen LogP contribution in [-0.2, 0) is 9.53 Å². The van der Waals surface area contributed by atoms with Gasteiger partial charge in [-0.2, -0.15) is 0 Å². The normalized spacial score (nSPS) is 15.6. The second-order valence-electron chi connectivity index (χ2n) is 4.80. The Bertz CT molecular complexity index is 405. The van der Waals surface area contributed by atoms with Gasteiger partial charge in [0.2, 0.25) is 0 Å². The number of ether oxygens (including phenoxy) is 1. The summed E-state index contributed by atoms with van der Waals surface area (Å²) in [7, 11) is 0. The van der Waals surface area contributed by atoms with Crippen LogP contribution in [0.5, 0.6) is 0 Å². The van der Waals surface area contributed by atoms with Crippen LogP contribution in [0.3, 0.4) is 0 Å². The summed E-state index contributed by atoms with van der Waals surface area (Å²) in [4.78, 5) is 23.3. The number of esters is 1. The Morgan fingerprint density at radius 3 is 2.44 bits per heavy atom. The summed E-state index contributed by atoms with van der Waals surface area (Å²) in [5, 5.41) is 0. The standard InChI is InChI=1S/C15H18O3/c16-14(13-8-2-1-3-9-13)11-18-15(17)10-12-6-4-5-7-12/h1-3,8-9,12H,4-7,10-11H2. The van der Waals surface area contributed by atoms with E-state index in [9.17, 15) is 9.59 Å². The minimum atomic E-state index is -0.244. The number of hydrogen-bond donors (Lipinski definition) is 0. The van der Waals surface area contributed by atoms with E-state index in [1.165, 1.54) is 12.8 Å². The first-order valence-electron chi connectivity index (χ1n) is 6.49. The molecular weight excluding hydrogens is 228 g/mol. The van der Waals surface area contributed by atoms with Crippen LogP contribution in [-0.4, -0.2) is 18.4 Å². The van der Waals surface area contributed by atoms with Gasteiger partial charge < -0.3 is 4.74 Å². The van der Waals surface area contributed by atoms with Gasteiger partial charge in [-0.25, -0.2) is 0 Å². The molecule has 1 fully saturated rings. The Morgan fingerprint density at radius 1 is 1.11 bits per heavy atom. The highest BCUT2D eigenvalue weighted by Crippen LogP contribution is 2.27. The summed E-state index contributed by atoms with van der Waals surface area (Å²) in [5.74, 6) is 0.0749. The number of carbonyl (C=O) groups is 2. The fourth-order valence-corrected chi connectivity index (χ4v) is 2.36. The van der Waals surface area contributed by atoms with E-state index in [1.54, 1.807) is 24.3 Å². The average molecular weight is 246 g/mol. The Balaban J connectivity index is 1.74. The minimum absolute atomic E-state index is 0.143. The van der Waals surface area contributed by atoms with E-state index in [1.807, 2.05) is 6.07 Å². The predicted molar refractivity (Wildman–Crippen MR) is 68.3 cm³/mol. The van der Waals surface area contributed by atoms with Gasteiger partial charge >= 0.3 is 5.97 Å². The summed E-state index contributed by atoms with van der Waals surface area (Å²) in [6, 6.07) is 8.91. The summed E-state index contributed by atoms with van der Waals surface area (Å²) < 4.78 is 5.03. The highest BCUT2D eigenvalue weighted by atomic mass is 16.5. The van der Waals surface area contributed by atoms with Crippen LogP contribution >= 0.6 is 0 Å². The highest BCUT2D eigenvalue weighted by molar-refractivity contribution is 5.97. The molecule has 3 nitrogen and oxygen atoms in total. The molecule has 96 valence electrons. The SMILES string of the molecule is O=C(CC1CCCC1)OCC(=O)c1ccccc1. The van der Waals surface area contributed by atoms with E-state index in [4.69, 9.17) is 4.74 Å². The van der Waals surface area contributed by atoms with E-state index in [-0.39, 0.29) is 18.4 Å². The fourth-order valence-electron chi connectivity index (χ4n) is 2.36. The van der Waals surface area contributed by atoms with Crippen LogP contribution in [0.1, 0.15) is 42.5 Å². The molecule has 0 bridgehead atoms. The molecule has 1 aromatic carbocycles. The van der Waals surface area contributed by atoms with Crippen molar-refractivity contribution < 1.29 is 14.3 Å². The molecule has 0 unspecified atom stereocenters. The molecule has 18 heavy (non-hydrogen) atoms. The van der Waals surface area contributed by atoms with Crippen molar-refractivity contribution >= 4 is 11.8 Å². The Morgan fingerprint density at radius 2 is 1.78 bits per heavy atom. The lowest BCUT2D eigenvalue weighted by Gasteiger charge is -2.08. The smallest absolute Gasteiger partial charge is 0.306 e. The van der Waals surface area contributed by atoms with Gasteiger partial charge in [0, 0.05) is 12.0 Å². The van der Waals surface area contributed by atoms with Crippen molar-refractivity contribution in [3.8, 4) is 0 Å². The third-order valence-electron chi connectivity index (χ3n) is 3.39. The highest BCUT2D eigenvalue weighted by Gasteiger charge is 2.19. The summed E-state index contributed by atoms with van der Waals surface area (Å²) in [5.41, 5.74) is 0.589. The van der Waals surface area contributed by atoms with Gasteiger partial charge in [-0.15, -0.1) is 0 Å². The monoisotopic (exact) mass is 246 g/mol. The van der Waals surface area contributed by atoms with Crippen LogP contribution < -0.4 is 0 Å². The zero-order chi connectivity index (χ0) is 12.8. The molecule has 0 amide bonds. The van der Waals surface area contributed by atoms with E-state index < -0.39 is 0 Å². The van der Waals surface area contributed by atoms with Gasteiger partial charge in [-0.05, 0) is 18.8 Å². The first-order chi connectivity index (χ1) is 8.75. The molecule has 1 aliphatic carbocycles. The Kier molecular flexibility index (Phi) is 4.51. The van der Waals surface area contributed by atoms with Gasteiger partial charge in [0.15, 0.2) is 12.4 Å². The summed E-state index contributed by atoms with van der Waals surface area (Å²) in [6.07, 6.45) is 5.10. The Hall–Kier alpha value is -1.64. The second kappa shape index (κ2) is 6.34. The van der Waals surface area contributed by atoms with Crippen LogP contribution in [0.4, 0.5) is 0 Å². The molecule has 0 aromatic heterocycles. The number of rotatable bonds is 5. The molecule has 3 heteroatoms. The molecule has 0 spiro atoms. The quantitative estimate of drug-likeness (QED) is 0.592. The molecule has 0 radical (unpaired) electrons. The molecule has 0 saturated heterocycles. The number of benzene rings is 1. The van der Waals surface area contributed by atoms with E-state index >= 15 is 0 Å². The molecule has 0 atom stereocenters. The fraction of sp³-hybridized carbons (Fsp3) is 0.467. The zero-order valence-electron chi connectivity index (χ0n) is 10.4. The Labute approximate surface area is 107 Å². The molecule has 2 rings (SSSR count). The van der Waals surface area contributed by atoms with Crippen molar-refractivity contribution in [3.63, 3.8) is 0 Å². The molecule has 1 aromatic rings. The molecule has 0 N–H and O–H groups in total. The van der Waals surface area contributed by atoms with E-state index in [0.717, 1.165) is 12.8 Å². The van der Waals surface area contributed by atoms with Crippen molar-refractivity contribution in [2.24, 2.45) is 5.92 Å². The second-order valence-corrected chi connectivity index (χ2v) is 4.80. The number of Topliss-reactive ketones (excluding diaryl/α,β-unsaturated/α-hetero) is 1. The van der Waals surface area contributed by atoms with Crippen molar-refractivity contribution in [1.29, 1.82) is 0 Å². The maximum Gasteiger partial charge on any atom is 0.306 e. The summed E-state index contributed by atoms with van der Waals surface area (Å²) in [6.45, 7) is -0.143. The third kappa shape index (κ3) is 3.69. The van der Waals surface area contributed by atoms with Crippen molar-refractivity contribution in [3.05, 3.63) is 35.9 Å². The van der Waals surface area contributed by atoms with Crippen LogP contribution in [0.25, 0.3) is 0 Å². The van der Waals surface area contributed by atoms with Gasteiger partial charge in [-0.3, -0.25) is 9.59 Å². The van der Waals surface area contributed by atoms with Crippen LogP contribution in [0, 0.1) is 5.92 Å². The predicted octanol–water partition coefficient (Wildman–Crippen LogP) is 2.99. The molecule has 0 heterocycles. The molecule has 0 aliphatic heterocycles. The third-order valence-corrected chi connectivity index (χ3v) is 3.39. The maximum atomic E-state index is 11.7. The largest absolute Gasteiger partial charge is 0.457 e. The first kappa shape index (κ1) is 12.8. The lowest BCUT2D eigenvalue weighted by molar-refractivity contribution is -0.143. The lowest BCUT2D eigenvalue weighted by atomic mass is 10.0. The van der Waals surface area contributed by atoms with E-state index in [0.29, 0.717) is 17.9 Å². The van der Waals surface area contributed by atoms with Crippen molar-refractivity contribution in [2.45, 2.75) is 32.1 Å².